The van der Waals surface area contributed by atoms with Crippen molar-refractivity contribution in [1.29, 1.82) is 0 Å². The molecule has 0 aliphatic heterocycles. The van der Waals surface area contributed by atoms with Crippen LogP contribution >= 0.6 is 11.6 Å². The Hall–Kier alpha value is -2.91. The normalized spacial score (nSPS) is 11.2. The van der Waals surface area contributed by atoms with E-state index >= 15 is 0 Å². The molecule has 0 saturated carbocycles. The predicted molar refractivity (Wildman–Crippen MR) is 113 cm³/mol. The van der Waals surface area contributed by atoms with Crippen LogP contribution in [0.5, 0.6) is 0 Å². The molecule has 0 spiro atoms. The van der Waals surface area contributed by atoms with Crippen LogP contribution in [-0.4, -0.2) is 24.9 Å². The maximum Gasteiger partial charge on any atom is 0.261 e. The molecule has 0 radical (unpaired) electrons. The highest BCUT2D eigenvalue weighted by Crippen LogP contribution is 2.24. The number of nitrogens with zero attached hydrogens (tertiary/aromatic N) is 2. The van der Waals surface area contributed by atoms with Gasteiger partial charge in [0.05, 0.1) is 9.92 Å². The zero-order chi connectivity index (χ0) is 21.0. The first-order valence-corrected chi connectivity index (χ1v) is 10.6. The van der Waals surface area contributed by atoms with Crippen LogP contribution in [-0.2, 0) is 10.0 Å². The van der Waals surface area contributed by atoms with Crippen LogP contribution in [0.15, 0.2) is 53.4 Å². The van der Waals surface area contributed by atoms with E-state index in [2.05, 4.69) is 25.3 Å². The molecule has 0 amide bonds. The van der Waals surface area contributed by atoms with Gasteiger partial charge < -0.3 is 10.6 Å². The van der Waals surface area contributed by atoms with E-state index in [4.69, 9.17) is 11.6 Å². The lowest BCUT2D eigenvalue weighted by atomic mass is 10.3. The molecule has 0 saturated heterocycles. The SMILES string of the molecule is CCNc1cc(Nc2ccc(NS(=O)(=O)c3ccc(F)c(Cl)c3)cc2)nc(C)n1. The number of aromatic nitrogens is 2. The zero-order valence-corrected chi connectivity index (χ0v) is 17.3. The lowest BCUT2D eigenvalue weighted by Gasteiger charge is -2.11. The summed E-state index contributed by atoms with van der Waals surface area (Å²) in [4.78, 5) is 8.49. The van der Waals surface area contributed by atoms with Gasteiger partial charge in [-0.15, -0.1) is 0 Å². The molecule has 3 N–H and O–H groups in total. The van der Waals surface area contributed by atoms with Gasteiger partial charge in [-0.2, -0.15) is 0 Å². The molecule has 0 aliphatic carbocycles. The van der Waals surface area contributed by atoms with E-state index in [0.29, 0.717) is 23.1 Å². The average Bonchev–Trinajstić information content (AvgIpc) is 2.65. The lowest BCUT2D eigenvalue weighted by molar-refractivity contribution is 0.599. The molecule has 0 atom stereocenters. The number of anilines is 4. The van der Waals surface area contributed by atoms with E-state index in [1.807, 2.05) is 6.92 Å². The molecule has 1 heterocycles. The Morgan fingerprint density at radius 2 is 1.66 bits per heavy atom. The fraction of sp³-hybridized carbons (Fsp3) is 0.158. The minimum atomic E-state index is -3.89. The third-order valence-electron chi connectivity index (χ3n) is 3.81. The number of rotatable bonds is 7. The fourth-order valence-corrected chi connectivity index (χ4v) is 3.86. The van der Waals surface area contributed by atoms with Crippen LogP contribution in [0, 0.1) is 12.7 Å². The summed E-state index contributed by atoms with van der Waals surface area (Å²) in [6, 6.07) is 11.6. The molecule has 152 valence electrons. The van der Waals surface area contributed by atoms with Gasteiger partial charge in [0.1, 0.15) is 23.3 Å². The largest absolute Gasteiger partial charge is 0.370 e. The van der Waals surface area contributed by atoms with Crippen molar-refractivity contribution in [2.75, 3.05) is 21.9 Å². The second kappa shape index (κ2) is 8.62. The van der Waals surface area contributed by atoms with Crippen molar-refractivity contribution in [2.24, 2.45) is 0 Å². The van der Waals surface area contributed by atoms with Crippen LogP contribution in [0.3, 0.4) is 0 Å². The summed E-state index contributed by atoms with van der Waals surface area (Å²) in [6.45, 7) is 4.51. The molecule has 0 unspecified atom stereocenters. The summed E-state index contributed by atoms with van der Waals surface area (Å²) in [6.07, 6.45) is 0. The lowest BCUT2D eigenvalue weighted by Crippen LogP contribution is -2.13. The molecule has 7 nitrogen and oxygen atoms in total. The van der Waals surface area contributed by atoms with Crippen LogP contribution in [0.4, 0.5) is 27.4 Å². The highest BCUT2D eigenvalue weighted by Gasteiger charge is 2.16. The number of hydrogen-bond acceptors (Lipinski definition) is 6. The topological polar surface area (TPSA) is 96.0 Å². The van der Waals surface area contributed by atoms with Gasteiger partial charge in [0.15, 0.2) is 0 Å². The summed E-state index contributed by atoms with van der Waals surface area (Å²) in [7, 11) is -3.89. The second-order valence-electron chi connectivity index (χ2n) is 6.10. The number of benzene rings is 2. The van der Waals surface area contributed by atoms with E-state index in [0.717, 1.165) is 30.4 Å². The van der Waals surface area contributed by atoms with E-state index < -0.39 is 15.8 Å². The Morgan fingerprint density at radius 3 is 2.31 bits per heavy atom. The third-order valence-corrected chi connectivity index (χ3v) is 5.48. The Bertz CT molecular complexity index is 1120. The summed E-state index contributed by atoms with van der Waals surface area (Å²) in [5.74, 6) is 1.26. The molecular weight excluding hydrogens is 417 g/mol. The minimum Gasteiger partial charge on any atom is -0.370 e. The summed E-state index contributed by atoms with van der Waals surface area (Å²) >= 11 is 5.67. The van der Waals surface area contributed by atoms with E-state index in [9.17, 15) is 12.8 Å². The van der Waals surface area contributed by atoms with Crippen LogP contribution in [0.1, 0.15) is 12.7 Å². The van der Waals surface area contributed by atoms with Crippen molar-refractivity contribution in [3.63, 3.8) is 0 Å². The van der Waals surface area contributed by atoms with E-state index in [-0.39, 0.29) is 9.92 Å². The Balaban J connectivity index is 1.74. The molecule has 10 heteroatoms. The monoisotopic (exact) mass is 435 g/mol. The van der Waals surface area contributed by atoms with Gasteiger partial charge in [-0.25, -0.2) is 22.8 Å². The molecular formula is C19H19ClFN5O2S. The Labute approximate surface area is 173 Å². The first kappa shape index (κ1) is 20.8. The molecule has 3 aromatic rings. The predicted octanol–water partition coefficient (Wildman–Crippen LogP) is 4.55. The van der Waals surface area contributed by atoms with E-state index in [1.165, 1.54) is 0 Å². The summed E-state index contributed by atoms with van der Waals surface area (Å²) in [5, 5.41) is 6.02. The van der Waals surface area contributed by atoms with Gasteiger partial charge in [-0.05, 0) is 56.3 Å². The number of sulfonamides is 1. The molecule has 0 fully saturated rings. The van der Waals surface area contributed by atoms with E-state index in [1.54, 1.807) is 37.3 Å². The highest BCUT2D eigenvalue weighted by atomic mass is 35.5. The number of aryl methyl sites for hydroxylation is 1. The smallest absolute Gasteiger partial charge is 0.261 e. The molecule has 0 aliphatic rings. The molecule has 1 aromatic heterocycles. The van der Waals surface area contributed by atoms with Crippen molar-refractivity contribution >= 4 is 44.6 Å². The second-order valence-corrected chi connectivity index (χ2v) is 8.19. The number of nitrogens with one attached hydrogen (secondary N) is 3. The van der Waals surface area contributed by atoms with Crippen LogP contribution < -0.4 is 15.4 Å². The zero-order valence-electron chi connectivity index (χ0n) is 15.7. The molecule has 0 bridgehead atoms. The van der Waals surface area contributed by atoms with Gasteiger partial charge in [-0.1, -0.05) is 11.6 Å². The first-order chi connectivity index (χ1) is 13.8. The number of halogens is 2. The van der Waals surface area contributed by atoms with Crippen LogP contribution in [0.2, 0.25) is 5.02 Å². The number of hydrogen-bond donors (Lipinski definition) is 3. The van der Waals surface area contributed by atoms with Crippen molar-refractivity contribution in [3.8, 4) is 0 Å². The van der Waals surface area contributed by atoms with Crippen molar-refractivity contribution < 1.29 is 12.8 Å². The Kier molecular flexibility index (Phi) is 6.19. The maximum atomic E-state index is 13.3. The maximum absolute atomic E-state index is 13.3. The van der Waals surface area contributed by atoms with Gasteiger partial charge in [0.25, 0.3) is 10.0 Å². The van der Waals surface area contributed by atoms with Gasteiger partial charge in [0, 0.05) is 24.0 Å². The third kappa shape index (κ3) is 5.33. The molecule has 29 heavy (non-hydrogen) atoms. The minimum absolute atomic E-state index is 0.126. The molecule has 3 rings (SSSR count). The Morgan fingerprint density at radius 1 is 1.00 bits per heavy atom. The fourth-order valence-electron chi connectivity index (χ4n) is 2.53. The van der Waals surface area contributed by atoms with Crippen LogP contribution in [0.25, 0.3) is 0 Å². The average molecular weight is 436 g/mol. The highest BCUT2D eigenvalue weighted by molar-refractivity contribution is 7.92. The van der Waals surface area contributed by atoms with Crippen molar-refractivity contribution in [1.82, 2.24) is 9.97 Å². The standard InChI is InChI=1S/C19H19ClFN5O2S/c1-3-22-18-11-19(24-12(2)23-18)25-13-4-6-14(7-5-13)26-29(27,28)15-8-9-17(21)16(20)10-15/h4-11,26H,3H2,1-2H3,(H2,22,23,24,25). The first-order valence-electron chi connectivity index (χ1n) is 8.71. The van der Waals surface area contributed by atoms with Gasteiger partial charge in [-0.3, -0.25) is 4.72 Å². The molecule has 2 aromatic carbocycles. The van der Waals surface area contributed by atoms with Crippen molar-refractivity contribution in [3.05, 3.63) is 65.2 Å². The summed E-state index contributed by atoms with van der Waals surface area (Å²) < 4.78 is 40.6. The van der Waals surface area contributed by atoms with Gasteiger partial charge in [0.2, 0.25) is 0 Å². The van der Waals surface area contributed by atoms with Crippen molar-refractivity contribution in [2.45, 2.75) is 18.7 Å². The summed E-state index contributed by atoms with van der Waals surface area (Å²) in [5.41, 5.74) is 1.07. The quantitative estimate of drug-likeness (QED) is 0.503. The van der Waals surface area contributed by atoms with Gasteiger partial charge >= 0.3 is 0 Å².